The van der Waals surface area contributed by atoms with E-state index in [1.54, 1.807) is 41.8 Å². The van der Waals surface area contributed by atoms with E-state index in [4.69, 9.17) is 16.0 Å². The van der Waals surface area contributed by atoms with E-state index < -0.39 is 0 Å². The molecule has 1 amide bonds. The molecule has 146 valence electrons. The van der Waals surface area contributed by atoms with Crippen LogP contribution in [-0.4, -0.2) is 26.8 Å². The van der Waals surface area contributed by atoms with Gasteiger partial charge in [0.2, 0.25) is 11.8 Å². The van der Waals surface area contributed by atoms with Crippen molar-refractivity contribution < 1.29 is 13.6 Å². The van der Waals surface area contributed by atoms with Crippen molar-refractivity contribution in [3.05, 3.63) is 64.8 Å². The van der Waals surface area contributed by atoms with Gasteiger partial charge < -0.3 is 9.73 Å². The van der Waals surface area contributed by atoms with Crippen molar-refractivity contribution in [3.8, 4) is 22.7 Å². The number of rotatable bonds is 6. The maximum Gasteiger partial charge on any atom is 0.277 e. The summed E-state index contributed by atoms with van der Waals surface area (Å²) in [6.07, 6.45) is 0. The highest BCUT2D eigenvalue weighted by Crippen LogP contribution is 2.26. The number of nitrogens with zero attached hydrogens (tertiary/aromatic N) is 3. The number of amides is 1. The Labute approximate surface area is 178 Å². The molecule has 6 nitrogen and oxygen atoms in total. The Kier molecular flexibility index (Phi) is 5.89. The number of thioether (sulfide) groups is 1. The van der Waals surface area contributed by atoms with E-state index in [0.29, 0.717) is 21.7 Å². The van der Waals surface area contributed by atoms with Crippen molar-refractivity contribution in [1.29, 1.82) is 0 Å². The summed E-state index contributed by atoms with van der Waals surface area (Å²) >= 11 is 8.28. The summed E-state index contributed by atoms with van der Waals surface area (Å²) in [7, 11) is 0. The zero-order valence-corrected chi connectivity index (χ0v) is 17.0. The molecule has 10 heteroatoms. The Bertz CT molecular complexity index is 1130. The van der Waals surface area contributed by atoms with Gasteiger partial charge in [0.1, 0.15) is 5.82 Å². The first-order valence-electron chi connectivity index (χ1n) is 8.30. The van der Waals surface area contributed by atoms with Crippen molar-refractivity contribution in [3.63, 3.8) is 0 Å². The topological polar surface area (TPSA) is 80.9 Å². The fraction of sp³-hybridized carbons (Fsp3) is 0.0526. The van der Waals surface area contributed by atoms with Gasteiger partial charge in [-0.2, -0.15) is 0 Å². The Hall–Kier alpha value is -2.75. The van der Waals surface area contributed by atoms with E-state index in [0.717, 1.165) is 22.9 Å². The lowest BCUT2D eigenvalue weighted by Gasteiger charge is -1.99. The Morgan fingerprint density at radius 3 is 2.59 bits per heavy atom. The Morgan fingerprint density at radius 1 is 1.10 bits per heavy atom. The van der Waals surface area contributed by atoms with E-state index in [-0.39, 0.29) is 22.7 Å². The molecular formula is C19H12ClFN4O2S2. The summed E-state index contributed by atoms with van der Waals surface area (Å²) in [6.45, 7) is 0. The van der Waals surface area contributed by atoms with E-state index in [9.17, 15) is 9.18 Å². The number of carbonyl (C=O) groups excluding carboxylic acids is 1. The molecule has 2 heterocycles. The largest absolute Gasteiger partial charge is 0.411 e. The number of nitrogens with one attached hydrogen (secondary N) is 1. The molecule has 0 bridgehead atoms. The second kappa shape index (κ2) is 8.73. The highest BCUT2D eigenvalue weighted by atomic mass is 35.5. The highest BCUT2D eigenvalue weighted by molar-refractivity contribution is 7.99. The van der Waals surface area contributed by atoms with Gasteiger partial charge in [-0.15, -0.1) is 21.5 Å². The number of aromatic nitrogens is 3. The summed E-state index contributed by atoms with van der Waals surface area (Å²) < 4.78 is 18.6. The fourth-order valence-electron chi connectivity index (χ4n) is 2.34. The van der Waals surface area contributed by atoms with E-state index in [1.165, 1.54) is 23.5 Å². The first-order valence-corrected chi connectivity index (χ1v) is 10.5. The van der Waals surface area contributed by atoms with Crippen molar-refractivity contribution in [2.75, 3.05) is 11.1 Å². The summed E-state index contributed by atoms with van der Waals surface area (Å²) in [5.74, 6) is -0.113. The minimum Gasteiger partial charge on any atom is -0.411 e. The molecule has 0 aliphatic rings. The predicted octanol–water partition coefficient (Wildman–Crippen LogP) is 5.38. The van der Waals surface area contributed by atoms with Gasteiger partial charge in [-0.05, 0) is 48.5 Å². The molecular weight excluding hydrogens is 435 g/mol. The number of benzene rings is 2. The summed E-state index contributed by atoms with van der Waals surface area (Å²) in [6, 6.07) is 13.0. The molecule has 0 aliphatic heterocycles. The SMILES string of the molecule is O=C(CSc1nnc(-c2ccc(Cl)cc2)o1)Nc1nc(-c2ccc(F)cc2)cs1. The molecule has 29 heavy (non-hydrogen) atoms. The smallest absolute Gasteiger partial charge is 0.277 e. The highest BCUT2D eigenvalue weighted by Gasteiger charge is 2.13. The number of carbonyl (C=O) groups is 1. The van der Waals surface area contributed by atoms with Crippen LogP contribution in [-0.2, 0) is 4.79 Å². The molecule has 0 aliphatic carbocycles. The van der Waals surface area contributed by atoms with Gasteiger partial charge in [0, 0.05) is 21.5 Å². The van der Waals surface area contributed by atoms with Crippen LogP contribution in [0.4, 0.5) is 9.52 Å². The van der Waals surface area contributed by atoms with Crippen molar-refractivity contribution >= 4 is 45.7 Å². The molecule has 0 unspecified atom stereocenters. The molecule has 0 fully saturated rings. The third kappa shape index (κ3) is 5.00. The number of anilines is 1. The number of thiazole rings is 1. The van der Waals surface area contributed by atoms with Gasteiger partial charge in [-0.1, -0.05) is 23.4 Å². The molecule has 0 spiro atoms. The quantitative estimate of drug-likeness (QED) is 0.400. The lowest BCUT2D eigenvalue weighted by atomic mass is 10.2. The first-order chi connectivity index (χ1) is 14.1. The minimum atomic E-state index is -0.310. The normalized spacial score (nSPS) is 10.8. The number of hydrogen-bond acceptors (Lipinski definition) is 7. The molecule has 2 aromatic carbocycles. The van der Waals surface area contributed by atoms with Crippen LogP contribution >= 0.6 is 34.7 Å². The van der Waals surface area contributed by atoms with Gasteiger partial charge in [-0.25, -0.2) is 9.37 Å². The zero-order valence-electron chi connectivity index (χ0n) is 14.6. The van der Waals surface area contributed by atoms with Crippen LogP contribution in [0.3, 0.4) is 0 Å². The van der Waals surface area contributed by atoms with E-state index in [1.807, 2.05) is 0 Å². The predicted molar refractivity (Wildman–Crippen MR) is 112 cm³/mol. The van der Waals surface area contributed by atoms with Crippen LogP contribution < -0.4 is 5.32 Å². The van der Waals surface area contributed by atoms with E-state index in [2.05, 4.69) is 20.5 Å². The molecule has 0 radical (unpaired) electrons. The molecule has 0 saturated carbocycles. The van der Waals surface area contributed by atoms with Gasteiger partial charge in [-0.3, -0.25) is 4.79 Å². The Balaban J connectivity index is 1.33. The maximum atomic E-state index is 13.0. The first kappa shape index (κ1) is 19.6. The van der Waals surface area contributed by atoms with Crippen LogP contribution in [0.1, 0.15) is 0 Å². The third-order valence-corrected chi connectivity index (χ3v) is 5.54. The minimum absolute atomic E-state index is 0.0910. The zero-order chi connectivity index (χ0) is 20.2. The fourth-order valence-corrected chi connectivity index (χ4v) is 3.77. The lowest BCUT2D eigenvalue weighted by Crippen LogP contribution is -2.13. The van der Waals surface area contributed by atoms with E-state index >= 15 is 0 Å². The van der Waals surface area contributed by atoms with Crippen molar-refractivity contribution in [1.82, 2.24) is 15.2 Å². The van der Waals surface area contributed by atoms with Crippen LogP contribution in [0.25, 0.3) is 22.7 Å². The van der Waals surface area contributed by atoms with Gasteiger partial charge in [0.05, 0.1) is 11.4 Å². The van der Waals surface area contributed by atoms with Crippen LogP contribution in [0.2, 0.25) is 5.02 Å². The van der Waals surface area contributed by atoms with Crippen LogP contribution in [0.15, 0.2) is 63.6 Å². The summed E-state index contributed by atoms with van der Waals surface area (Å²) in [4.78, 5) is 16.5. The molecule has 4 rings (SSSR count). The molecule has 0 saturated heterocycles. The summed E-state index contributed by atoms with van der Waals surface area (Å²) in [5, 5.41) is 13.8. The Morgan fingerprint density at radius 2 is 1.83 bits per heavy atom. The van der Waals surface area contributed by atoms with Gasteiger partial charge >= 0.3 is 0 Å². The number of halogens is 2. The lowest BCUT2D eigenvalue weighted by molar-refractivity contribution is -0.113. The van der Waals surface area contributed by atoms with Crippen LogP contribution in [0, 0.1) is 5.82 Å². The monoisotopic (exact) mass is 446 g/mol. The summed E-state index contributed by atoms with van der Waals surface area (Å²) in [5.41, 5.74) is 2.19. The molecule has 2 aromatic heterocycles. The van der Waals surface area contributed by atoms with Gasteiger partial charge in [0.25, 0.3) is 5.22 Å². The van der Waals surface area contributed by atoms with Crippen molar-refractivity contribution in [2.24, 2.45) is 0 Å². The maximum absolute atomic E-state index is 13.0. The molecule has 0 atom stereocenters. The average Bonchev–Trinajstić information content (AvgIpc) is 3.37. The molecule has 4 aromatic rings. The van der Waals surface area contributed by atoms with Gasteiger partial charge in [0.15, 0.2) is 5.13 Å². The van der Waals surface area contributed by atoms with Crippen molar-refractivity contribution in [2.45, 2.75) is 5.22 Å². The van der Waals surface area contributed by atoms with Crippen LogP contribution in [0.5, 0.6) is 0 Å². The third-order valence-electron chi connectivity index (χ3n) is 3.71. The second-order valence-corrected chi connectivity index (χ2v) is 7.98. The molecule has 1 N–H and O–H groups in total. The number of hydrogen-bond donors (Lipinski definition) is 1. The average molecular weight is 447 g/mol. The second-order valence-electron chi connectivity index (χ2n) is 5.76. The standard InChI is InChI=1S/C19H12ClFN4O2S2/c20-13-5-1-12(2-6-13)17-24-25-19(27-17)29-10-16(26)23-18-22-15(9-28-18)11-3-7-14(21)8-4-11/h1-9H,10H2,(H,22,23,26).